The van der Waals surface area contributed by atoms with E-state index in [9.17, 15) is 115 Å². The van der Waals surface area contributed by atoms with Crippen LogP contribution >= 0.6 is 0 Å². The lowest BCUT2D eigenvalue weighted by Crippen LogP contribution is -2.75. The average Bonchev–Trinajstić information content (AvgIpc) is 3.32. The van der Waals surface area contributed by atoms with E-state index >= 15 is 0 Å². The molecule has 0 aliphatic carbocycles. The third-order valence-electron chi connectivity index (χ3n) is 11.2. The first-order valence-corrected chi connectivity index (χ1v) is 21.6. The Morgan fingerprint density at radius 1 is 0.430 bits per heavy atom. The second kappa shape index (κ2) is 21.4. The van der Waals surface area contributed by atoms with Crippen molar-refractivity contribution >= 4 is 39.7 Å². The molecule has 5 aromatic carbocycles. The molecule has 0 saturated heterocycles. The number of hydrogen-bond donors (Lipinski definition) is 0. The molecule has 6 rings (SSSR count). The molecule has 0 fully saturated rings. The molecule has 0 unspecified atom stereocenters. The summed E-state index contributed by atoms with van der Waals surface area (Å²) in [6.45, 7) is 5.52. The number of benzene rings is 5. The van der Waals surface area contributed by atoms with Crippen molar-refractivity contribution in [1.29, 1.82) is 0 Å². The van der Waals surface area contributed by atoms with Crippen LogP contribution < -0.4 is 26.4 Å². The summed E-state index contributed by atoms with van der Waals surface area (Å²) in [5.41, 5.74) is -30.0. The number of rotatable bonds is 8. The van der Waals surface area contributed by atoms with Gasteiger partial charge in [-0.25, -0.2) is 9.78 Å². The van der Waals surface area contributed by atoms with E-state index in [0.717, 1.165) is 0 Å². The third-order valence-corrected chi connectivity index (χ3v) is 11.2. The second-order valence-corrected chi connectivity index (χ2v) is 18.1. The average molecular weight is 1160 g/mol. The first-order valence-electron chi connectivity index (χ1n) is 21.6. The normalized spacial score (nSPS) is 13.4. The molecule has 426 valence electrons. The SMILES string of the molecule is CC(C)(C)OC(=O)c1c[n+](CC(=O)c2ccccc2)ccn1.FC(F)(F)c1cc([B-](c2cc(C(F)(F)F)cc(C(F)(F)F)c2)(c2cc(C(F)(F)F)cc(C(F)(F)F)c2)c2cc(C(F)(F)F)cc(C(F)(F)F)c2)cc(C(F)(F)F)c1. The van der Waals surface area contributed by atoms with Crippen molar-refractivity contribution in [1.82, 2.24) is 4.98 Å². The van der Waals surface area contributed by atoms with Gasteiger partial charge in [-0.1, -0.05) is 78.9 Å². The predicted octanol–water partition coefficient (Wildman–Crippen LogP) is 13.4. The molecule has 6 aromatic rings. The van der Waals surface area contributed by atoms with Gasteiger partial charge < -0.3 is 4.74 Å². The van der Waals surface area contributed by atoms with Crippen LogP contribution in [0, 0.1) is 0 Å². The molecular weight excluding hydrogens is 1130 g/mol. The highest BCUT2D eigenvalue weighted by atomic mass is 19.4. The van der Waals surface area contributed by atoms with E-state index in [1.807, 2.05) is 18.2 Å². The molecular formula is C49H31BF24N2O3. The van der Waals surface area contributed by atoms with E-state index in [-0.39, 0.29) is 18.0 Å². The van der Waals surface area contributed by atoms with Gasteiger partial charge in [-0.2, -0.15) is 132 Å². The van der Waals surface area contributed by atoms with Crippen LogP contribution in [0.25, 0.3) is 0 Å². The molecule has 1 heterocycles. The number of hydrogen-bond acceptors (Lipinski definition) is 4. The molecule has 0 bridgehead atoms. The summed E-state index contributed by atoms with van der Waals surface area (Å²) in [5.74, 6) is -0.541. The number of ether oxygens (including phenoxy) is 1. The van der Waals surface area contributed by atoms with Gasteiger partial charge in [-0.15, -0.1) is 0 Å². The Labute approximate surface area is 428 Å². The molecule has 0 amide bonds. The molecule has 0 aliphatic rings. The maximum atomic E-state index is 14.2. The number of carbonyl (C=O) groups is 2. The monoisotopic (exact) mass is 1160 g/mol. The van der Waals surface area contributed by atoms with Crippen LogP contribution in [0.1, 0.15) is 86.1 Å². The Kier molecular flexibility index (Phi) is 16.9. The van der Waals surface area contributed by atoms with E-state index in [1.54, 1.807) is 43.7 Å². The largest absolute Gasteiger partial charge is 0.455 e. The number of carbonyl (C=O) groups excluding carboxylic acids is 2. The van der Waals surface area contributed by atoms with Crippen LogP contribution in [0.5, 0.6) is 0 Å². The van der Waals surface area contributed by atoms with Gasteiger partial charge in [-0.05, 0) is 45.0 Å². The molecule has 0 aliphatic heterocycles. The zero-order valence-electron chi connectivity index (χ0n) is 39.5. The lowest BCUT2D eigenvalue weighted by molar-refractivity contribution is -0.683. The molecule has 30 heteroatoms. The van der Waals surface area contributed by atoms with E-state index in [4.69, 9.17) is 4.74 Å². The Bertz CT molecular complexity index is 2760. The van der Waals surface area contributed by atoms with Crippen molar-refractivity contribution in [2.24, 2.45) is 0 Å². The Balaban J connectivity index is 0.000000433. The molecule has 0 radical (unpaired) electrons. The minimum Gasteiger partial charge on any atom is -0.455 e. The van der Waals surface area contributed by atoms with Crippen LogP contribution in [0.3, 0.4) is 0 Å². The van der Waals surface area contributed by atoms with E-state index in [0.29, 0.717) is 5.56 Å². The quantitative estimate of drug-likeness (QED) is 0.0501. The van der Waals surface area contributed by atoms with Crippen molar-refractivity contribution in [2.45, 2.75) is 82.3 Å². The summed E-state index contributed by atoms with van der Waals surface area (Å²) in [5, 5.41) is 0. The van der Waals surface area contributed by atoms with Crippen LogP contribution in [0.4, 0.5) is 105 Å². The molecule has 1 aromatic heterocycles. The van der Waals surface area contributed by atoms with Crippen molar-refractivity contribution in [3.8, 4) is 0 Å². The first-order chi connectivity index (χ1) is 35.6. The minimum absolute atomic E-state index is 0.0352. The summed E-state index contributed by atoms with van der Waals surface area (Å²) in [6.07, 6.45) is -50.2. The van der Waals surface area contributed by atoms with Crippen LogP contribution in [-0.2, 0) is 60.7 Å². The van der Waals surface area contributed by atoms with Gasteiger partial charge in [0.25, 0.3) is 0 Å². The van der Waals surface area contributed by atoms with E-state index in [2.05, 4.69) is 4.98 Å². The van der Waals surface area contributed by atoms with E-state index in [1.165, 1.54) is 12.4 Å². The summed E-state index contributed by atoms with van der Waals surface area (Å²) < 4.78 is 348. The second-order valence-electron chi connectivity index (χ2n) is 18.1. The highest BCUT2D eigenvalue weighted by molar-refractivity contribution is 7.20. The fraction of sp³-hybridized carbons (Fsp3) is 0.265. The summed E-state index contributed by atoms with van der Waals surface area (Å²) in [7, 11) is 0. The molecule has 5 nitrogen and oxygen atoms in total. The maximum Gasteiger partial charge on any atom is 0.416 e. The number of halogens is 24. The molecule has 0 saturated carbocycles. The number of Topliss-reactive ketones (excluding diaryl/α,β-unsaturated/α-hetero) is 1. The van der Waals surface area contributed by atoms with Crippen LogP contribution in [0.15, 0.2) is 122 Å². The summed E-state index contributed by atoms with van der Waals surface area (Å²) in [4.78, 5) is 28.1. The van der Waals surface area contributed by atoms with Crippen LogP contribution in [0.2, 0.25) is 0 Å². The lowest BCUT2D eigenvalue weighted by atomic mass is 9.12. The number of ketones is 1. The summed E-state index contributed by atoms with van der Waals surface area (Å²) >= 11 is 0. The van der Waals surface area contributed by atoms with Crippen molar-refractivity contribution in [3.05, 3.63) is 177 Å². The molecule has 79 heavy (non-hydrogen) atoms. The fourth-order valence-corrected chi connectivity index (χ4v) is 7.92. The smallest absolute Gasteiger partial charge is 0.416 e. The Morgan fingerprint density at radius 2 is 0.696 bits per heavy atom. The third kappa shape index (κ3) is 15.3. The summed E-state index contributed by atoms with van der Waals surface area (Å²) in [6, 6.07) is 0.205. The minimum atomic E-state index is -6.13. The van der Waals surface area contributed by atoms with Gasteiger partial charge in [-0.3, -0.25) is 4.79 Å². The standard InChI is InChI=1S/C32H12BF24.C17H19N2O3/c34-25(35,36)13-1-14(26(37,38)39)6-21(5-13)33(22-7-15(27(40,41)42)2-16(8-22)28(43,44)45,23-9-17(29(46,47)48)3-18(10-23)30(49,50)51)24-11-19(31(52,53)54)4-20(12-24)32(55,56)57;1-17(2,3)22-16(21)14-11-19(10-9-18-14)12-15(20)13-7-5-4-6-8-13/h1-12H;4-11H,12H2,1-3H3/q-1;+1. The lowest BCUT2D eigenvalue weighted by Gasteiger charge is -2.46. The van der Waals surface area contributed by atoms with Gasteiger partial charge in [0.1, 0.15) is 11.7 Å². The van der Waals surface area contributed by atoms with Gasteiger partial charge in [0.2, 0.25) is 24.2 Å². The highest BCUT2D eigenvalue weighted by Crippen LogP contribution is 2.41. The highest BCUT2D eigenvalue weighted by Gasteiger charge is 2.47. The van der Waals surface area contributed by atoms with E-state index < -0.39 is 206 Å². The molecule has 0 N–H and O–H groups in total. The topological polar surface area (TPSA) is 60.1 Å². The van der Waals surface area contributed by atoms with Gasteiger partial charge >= 0.3 is 55.4 Å². The van der Waals surface area contributed by atoms with Gasteiger partial charge in [0, 0.05) is 5.56 Å². The number of alkyl halides is 24. The molecule has 0 atom stereocenters. The Hall–Kier alpha value is -7.30. The Morgan fingerprint density at radius 3 is 0.937 bits per heavy atom. The number of aromatic nitrogens is 2. The van der Waals surface area contributed by atoms with Crippen molar-refractivity contribution in [2.75, 3.05) is 0 Å². The maximum absolute atomic E-state index is 14.2. The number of esters is 1. The zero-order chi connectivity index (χ0) is 60.1. The number of nitrogens with zero attached hydrogens (tertiary/aromatic N) is 2. The van der Waals surface area contributed by atoms with Crippen molar-refractivity contribution < 1.29 is 124 Å². The molecule has 0 spiro atoms. The van der Waals surface area contributed by atoms with Crippen LogP contribution in [-0.4, -0.2) is 28.5 Å². The van der Waals surface area contributed by atoms with Gasteiger partial charge in [0.05, 0.1) is 50.7 Å². The first kappa shape index (κ1) is 62.5. The van der Waals surface area contributed by atoms with Gasteiger partial charge in [0.15, 0.2) is 6.20 Å². The predicted molar refractivity (Wildman–Crippen MR) is 230 cm³/mol. The zero-order valence-corrected chi connectivity index (χ0v) is 39.5. The van der Waals surface area contributed by atoms with Crippen molar-refractivity contribution in [3.63, 3.8) is 0 Å². The fourth-order valence-electron chi connectivity index (χ4n) is 7.92.